The Kier molecular flexibility index (Phi) is 4.80. The Hall–Kier alpha value is -2.02. The molecule has 1 saturated carbocycles. The van der Waals surface area contributed by atoms with Gasteiger partial charge in [-0.1, -0.05) is 48.2 Å². The molecule has 1 amide bonds. The maximum absolute atomic E-state index is 12.3. The molecule has 3 nitrogen and oxygen atoms in total. The molecule has 0 unspecified atom stereocenters. The number of rotatable bonds is 3. The van der Waals surface area contributed by atoms with Crippen LogP contribution in [0.2, 0.25) is 10.0 Å². The van der Waals surface area contributed by atoms with Crippen molar-refractivity contribution in [2.24, 2.45) is 0 Å². The minimum Gasteiger partial charge on any atom is -0.322 e. The molecule has 3 rings (SSSR count). The molecule has 0 spiro atoms. The van der Waals surface area contributed by atoms with Crippen LogP contribution in [0.4, 0.5) is 5.69 Å². The van der Waals surface area contributed by atoms with Crippen LogP contribution in [0.1, 0.15) is 41.6 Å². The van der Waals surface area contributed by atoms with Gasteiger partial charge in [0.05, 0.1) is 22.1 Å². The van der Waals surface area contributed by atoms with Crippen molar-refractivity contribution in [1.29, 1.82) is 5.26 Å². The van der Waals surface area contributed by atoms with Gasteiger partial charge in [-0.3, -0.25) is 4.79 Å². The van der Waals surface area contributed by atoms with Crippen LogP contribution < -0.4 is 5.32 Å². The summed E-state index contributed by atoms with van der Waals surface area (Å²) in [4.78, 5) is 12.3. The van der Waals surface area contributed by atoms with E-state index in [0.29, 0.717) is 21.3 Å². The van der Waals surface area contributed by atoms with Gasteiger partial charge in [-0.15, -0.1) is 0 Å². The second kappa shape index (κ2) is 6.84. The van der Waals surface area contributed by atoms with Gasteiger partial charge in [0, 0.05) is 10.7 Å². The number of carbonyl (C=O) groups excluding carboxylic acids is 1. The van der Waals surface area contributed by atoms with Crippen molar-refractivity contribution in [3.8, 4) is 6.07 Å². The molecule has 0 bridgehead atoms. The van der Waals surface area contributed by atoms with Crippen molar-refractivity contribution in [1.82, 2.24) is 0 Å². The molecule has 0 aliphatic heterocycles. The third-order valence-electron chi connectivity index (χ3n) is 4.54. The number of carbonyl (C=O) groups is 1. The Morgan fingerprint density at radius 3 is 2.38 bits per heavy atom. The van der Waals surface area contributed by atoms with Crippen molar-refractivity contribution in [2.75, 3.05) is 5.32 Å². The van der Waals surface area contributed by atoms with E-state index in [4.69, 9.17) is 23.2 Å². The van der Waals surface area contributed by atoms with Crippen LogP contribution in [0.5, 0.6) is 0 Å². The minimum atomic E-state index is -0.376. The van der Waals surface area contributed by atoms with E-state index in [0.717, 1.165) is 31.2 Å². The Balaban J connectivity index is 1.78. The van der Waals surface area contributed by atoms with Gasteiger partial charge in [0.25, 0.3) is 5.91 Å². The first-order chi connectivity index (χ1) is 11.5. The van der Waals surface area contributed by atoms with E-state index in [9.17, 15) is 10.1 Å². The molecule has 1 fully saturated rings. The largest absolute Gasteiger partial charge is 0.322 e. The van der Waals surface area contributed by atoms with E-state index in [1.807, 2.05) is 24.3 Å². The highest BCUT2D eigenvalue weighted by atomic mass is 35.5. The molecule has 0 radical (unpaired) electrons. The van der Waals surface area contributed by atoms with Crippen LogP contribution in [0.15, 0.2) is 42.5 Å². The van der Waals surface area contributed by atoms with Gasteiger partial charge >= 0.3 is 0 Å². The van der Waals surface area contributed by atoms with Crippen LogP contribution >= 0.6 is 23.2 Å². The Morgan fingerprint density at radius 1 is 1.08 bits per heavy atom. The summed E-state index contributed by atoms with van der Waals surface area (Å²) in [5.41, 5.74) is 1.63. The second-order valence-corrected chi connectivity index (χ2v) is 6.90. The van der Waals surface area contributed by atoms with Crippen LogP contribution in [-0.2, 0) is 5.41 Å². The summed E-state index contributed by atoms with van der Waals surface area (Å²) in [6.45, 7) is 0. The van der Waals surface area contributed by atoms with E-state index in [1.165, 1.54) is 6.07 Å². The highest BCUT2D eigenvalue weighted by Gasteiger charge is 2.35. The zero-order chi connectivity index (χ0) is 17.2. The predicted molar refractivity (Wildman–Crippen MR) is 96.6 cm³/mol. The lowest BCUT2D eigenvalue weighted by molar-refractivity contribution is 0.102. The van der Waals surface area contributed by atoms with Gasteiger partial charge in [0.15, 0.2) is 0 Å². The van der Waals surface area contributed by atoms with Crippen LogP contribution in [-0.4, -0.2) is 5.91 Å². The van der Waals surface area contributed by atoms with Gasteiger partial charge in [0.2, 0.25) is 0 Å². The van der Waals surface area contributed by atoms with Crippen molar-refractivity contribution < 1.29 is 4.79 Å². The Bertz CT molecular complexity index is 803. The second-order valence-electron chi connectivity index (χ2n) is 6.06. The maximum atomic E-state index is 12.3. The van der Waals surface area contributed by atoms with E-state index < -0.39 is 0 Å². The minimum absolute atomic E-state index is 0.314. The highest BCUT2D eigenvalue weighted by molar-refractivity contribution is 6.36. The SMILES string of the molecule is N#CC1(c2ccc(NC(=O)c3cc(Cl)ccc3Cl)cc2)CCCC1. The molecular formula is C19H16Cl2N2O. The van der Waals surface area contributed by atoms with Crippen molar-refractivity contribution >= 4 is 34.8 Å². The number of anilines is 1. The molecule has 24 heavy (non-hydrogen) atoms. The first-order valence-corrected chi connectivity index (χ1v) is 8.58. The van der Waals surface area contributed by atoms with Crippen LogP contribution in [0.25, 0.3) is 0 Å². The molecule has 2 aromatic carbocycles. The smallest absolute Gasteiger partial charge is 0.257 e. The van der Waals surface area contributed by atoms with Crippen LogP contribution in [0, 0.1) is 11.3 Å². The fourth-order valence-electron chi connectivity index (χ4n) is 3.19. The van der Waals surface area contributed by atoms with Crippen molar-refractivity contribution in [3.63, 3.8) is 0 Å². The summed E-state index contributed by atoms with van der Waals surface area (Å²) in [6.07, 6.45) is 3.96. The monoisotopic (exact) mass is 358 g/mol. The number of hydrogen-bond donors (Lipinski definition) is 1. The van der Waals surface area contributed by atoms with Gasteiger partial charge < -0.3 is 5.32 Å². The average molecular weight is 359 g/mol. The molecule has 2 aromatic rings. The molecular weight excluding hydrogens is 343 g/mol. The Morgan fingerprint density at radius 2 is 1.75 bits per heavy atom. The Labute approximate surface area is 151 Å². The number of nitrogens with one attached hydrogen (secondary N) is 1. The average Bonchev–Trinajstić information content (AvgIpc) is 3.08. The van der Waals surface area contributed by atoms with Crippen molar-refractivity contribution in [3.05, 3.63) is 63.6 Å². The summed E-state index contributed by atoms with van der Waals surface area (Å²) in [7, 11) is 0. The zero-order valence-electron chi connectivity index (χ0n) is 13.0. The number of benzene rings is 2. The van der Waals surface area contributed by atoms with E-state index in [-0.39, 0.29) is 11.3 Å². The van der Waals surface area contributed by atoms with Gasteiger partial charge in [-0.25, -0.2) is 0 Å². The lowest BCUT2D eigenvalue weighted by atomic mass is 9.80. The number of halogens is 2. The van der Waals surface area contributed by atoms with E-state index >= 15 is 0 Å². The lowest BCUT2D eigenvalue weighted by Crippen LogP contribution is -2.19. The summed E-state index contributed by atoms with van der Waals surface area (Å²) < 4.78 is 0. The number of nitrogens with zero attached hydrogens (tertiary/aromatic N) is 1. The van der Waals surface area contributed by atoms with Gasteiger partial charge in [0.1, 0.15) is 0 Å². The van der Waals surface area contributed by atoms with Gasteiger partial charge in [-0.05, 0) is 48.7 Å². The summed E-state index contributed by atoms with van der Waals surface area (Å²) in [6, 6.07) is 14.7. The molecule has 1 aliphatic rings. The number of amides is 1. The number of nitriles is 1. The van der Waals surface area contributed by atoms with Gasteiger partial charge in [-0.2, -0.15) is 5.26 Å². The zero-order valence-corrected chi connectivity index (χ0v) is 14.5. The lowest BCUT2D eigenvalue weighted by Gasteiger charge is -2.21. The highest BCUT2D eigenvalue weighted by Crippen LogP contribution is 2.40. The summed E-state index contributed by atoms with van der Waals surface area (Å²) >= 11 is 12.0. The first-order valence-electron chi connectivity index (χ1n) is 7.82. The first kappa shape index (κ1) is 16.8. The maximum Gasteiger partial charge on any atom is 0.257 e. The normalized spacial score (nSPS) is 15.7. The fraction of sp³-hybridized carbons (Fsp3) is 0.263. The fourth-order valence-corrected chi connectivity index (χ4v) is 3.56. The molecule has 0 atom stereocenters. The molecule has 1 N–H and O–H groups in total. The molecule has 122 valence electrons. The molecule has 0 aromatic heterocycles. The standard InChI is InChI=1S/C19H16Cl2N2O/c20-14-5-8-17(21)16(11-14)18(24)23-15-6-3-13(4-7-15)19(12-22)9-1-2-10-19/h3-8,11H,1-2,9-10H2,(H,23,24). The third kappa shape index (κ3) is 3.26. The summed E-state index contributed by atoms with van der Waals surface area (Å²) in [5, 5.41) is 13.2. The molecule has 1 aliphatic carbocycles. The summed E-state index contributed by atoms with van der Waals surface area (Å²) in [5.74, 6) is -0.314. The van der Waals surface area contributed by atoms with Crippen molar-refractivity contribution in [2.45, 2.75) is 31.1 Å². The quantitative estimate of drug-likeness (QED) is 0.778. The molecule has 0 heterocycles. The molecule has 5 heteroatoms. The predicted octanol–water partition coefficient (Wildman–Crippen LogP) is 5.58. The van der Waals surface area contributed by atoms with E-state index in [2.05, 4.69) is 11.4 Å². The van der Waals surface area contributed by atoms with Crippen LogP contribution in [0.3, 0.4) is 0 Å². The third-order valence-corrected chi connectivity index (χ3v) is 5.10. The number of hydrogen-bond acceptors (Lipinski definition) is 2. The molecule has 0 saturated heterocycles. The van der Waals surface area contributed by atoms with E-state index in [1.54, 1.807) is 12.1 Å². The topological polar surface area (TPSA) is 52.9 Å².